The van der Waals surface area contributed by atoms with Crippen LogP contribution in [0.2, 0.25) is 0 Å². The molecule has 3 rings (SSSR count). The fourth-order valence-electron chi connectivity index (χ4n) is 2.44. The minimum absolute atomic E-state index is 0.00379. The van der Waals surface area contributed by atoms with Crippen LogP contribution in [0.25, 0.3) is 0 Å². The fourth-order valence-corrected chi connectivity index (χ4v) is 2.44. The van der Waals surface area contributed by atoms with Gasteiger partial charge in [0, 0.05) is 24.8 Å². The van der Waals surface area contributed by atoms with Gasteiger partial charge in [-0.3, -0.25) is 4.79 Å². The number of benzene rings is 1. The van der Waals surface area contributed by atoms with Crippen LogP contribution in [0.4, 0.5) is 17.3 Å². The van der Waals surface area contributed by atoms with Gasteiger partial charge in [0.25, 0.3) is 0 Å². The summed E-state index contributed by atoms with van der Waals surface area (Å²) >= 11 is 0. The summed E-state index contributed by atoms with van der Waals surface area (Å²) in [4.78, 5) is 12.1. The summed E-state index contributed by atoms with van der Waals surface area (Å²) in [5.41, 5.74) is 2.15. The van der Waals surface area contributed by atoms with Crippen molar-refractivity contribution in [1.29, 1.82) is 0 Å². The highest BCUT2D eigenvalue weighted by atomic mass is 16.5. The molecule has 0 unspecified atom stereocenters. The van der Waals surface area contributed by atoms with Crippen molar-refractivity contribution in [3.8, 4) is 0 Å². The second-order valence-electron chi connectivity index (χ2n) is 5.67. The zero-order chi connectivity index (χ0) is 16.1. The first-order valence-electron chi connectivity index (χ1n) is 7.77. The van der Waals surface area contributed by atoms with E-state index in [9.17, 15) is 4.79 Å². The number of carbonyl (C=O) groups excluding carboxylic acids is 1. The molecular weight excluding hydrogens is 292 g/mol. The van der Waals surface area contributed by atoms with Crippen LogP contribution in [-0.4, -0.2) is 29.3 Å². The molecule has 6 nitrogen and oxygen atoms in total. The first kappa shape index (κ1) is 15.4. The van der Waals surface area contributed by atoms with Crippen LogP contribution >= 0.6 is 0 Å². The number of hydrogen-bond donors (Lipinski definition) is 2. The molecule has 1 aromatic carbocycles. The molecule has 0 radical (unpaired) electrons. The lowest BCUT2D eigenvalue weighted by Crippen LogP contribution is -2.28. The number of nitrogens with one attached hydrogen (secondary N) is 2. The predicted octanol–water partition coefficient (Wildman–Crippen LogP) is 2.89. The number of carbonyl (C=O) groups is 1. The Kier molecular flexibility index (Phi) is 4.83. The number of amides is 1. The Labute approximate surface area is 135 Å². The number of rotatable bonds is 4. The zero-order valence-electron chi connectivity index (χ0n) is 13.1. The minimum Gasteiger partial charge on any atom is -0.381 e. The van der Waals surface area contributed by atoms with Gasteiger partial charge in [-0.2, -0.15) is 0 Å². The molecule has 6 heteroatoms. The number of nitrogens with zero attached hydrogens (tertiary/aromatic N) is 2. The third-order valence-corrected chi connectivity index (χ3v) is 3.83. The summed E-state index contributed by atoms with van der Waals surface area (Å²) in [5, 5.41) is 14.1. The summed E-state index contributed by atoms with van der Waals surface area (Å²) in [6, 6.07) is 11.6. The number of anilines is 3. The Morgan fingerprint density at radius 3 is 2.35 bits per heavy atom. The Morgan fingerprint density at radius 2 is 1.70 bits per heavy atom. The average molecular weight is 312 g/mol. The molecule has 2 N–H and O–H groups in total. The molecule has 0 atom stereocenters. The highest BCUT2D eigenvalue weighted by molar-refractivity contribution is 5.91. The van der Waals surface area contributed by atoms with E-state index >= 15 is 0 Å². The lowest BCUT2D eigenvalue weighted by Gasteiger charge is -2.20. The molecule has 120 valence electrons. The molecule has 1 aliphatic heterocycles. The molecule has 1 amide bonds. The van der Waals surface area contributed by atoms with Gasteiger partial charge in [0.15, 0.2) is 11.6 Å². The number of ether oxygens (including phenoxy) is 1. The van der Waals surface area contributed by atoms with Gasteiger partial charge in [-0.15, -0.1) is 10.2 Å². The first-order chi connectivity index (χ1) is 11.2. The molecule has 0 saturated carbocycles. The first-order valence-corrected chi connectivity index (χ1v) is 7.77. The summed E-state index contributed by atoms with van der Waals surface area (Å²) in [5.74, 6) is 1.09. The Hall–Kier alpha value is -2.47. The number of hydrogen-bond acceptors (Lipinski definition) is 5. The summed E-state index contributed by atoms with van der Waals surface area (Å²) in [6.07, 6.45) is 1.51. The highest BCUT2D eigenvalue weighted by Crippen LogP contribution is 2.18. The average Bonchev–Trinajstić information content (AvgIpc) is 2.59. The smallest absolute Gasteiger partial charge is 0.228 e. The van der Waals surface area contributed by atoms with Crippen LogP contribution in [-0.2, 0) is 9.53 Å². The second kappa shape index (κ2) is 7.19. The van der Waals surface area contributed by atoms with E-state index in [2.05, 4.69) is 20.8 Å². The van der Waals surface area contributed by atoms with Crippen LogP contribution in [0, 0.1) is 12.8 Å². The van der Waals surface area contributed by atoms with Crippen molar-refractivity contribution in [1.82, 2.24) is 10.2 Å². The van der Waals surface area contributed by atoms with Crippen LogP contribution in [0.1, 0.15) is 18.4 Å². The molecule has 1 fully saturated rings. The van der Waals surface area contributed by atoms with Crippen LogP contribution < -0.4 is 10.6 Å². The summed E-state index contributed by atoms with van der Waals surface area (Å²) in [6.45, 7) is 3.33. The van der Waals surface area contributed by atoms with Gasteiger partial charge < -0.3 is 15.4 Å². The van der Waals surface area contributed by atoms with E-state index in [0.29, 0.717) is 24.8 Å². The normalized spacial score (nSPS) is 15.2. The molecule has 1 aromatic heterocycles. The van der Waals surface area contributed by atoms with E-state index in [-0.39, 0.29) is 11.8 Å². The van der Waals surface area contributed by atoms with Crippen molar-refractivity contribution in [3.63, 3.8) is 0 Å². The lowest BCUT2D eigenvalue weighted by atomic mass is 9.99. The molecule has 23 heavy (non-hydrogen) atoms. The fraction of sp³-hybridized carbons (Fsp3) is 0.353. The van der Waals surface area contributed by atoms with Gasteiger partial charge in [0.05, 0.1) is 0 Å². The topological polar surface area (TPSA) is 76.1 Å². The lowest BCUT2D eigenvalue weighted by molar-refractivity contribution is -0.122. The van der Waals surface area contributed by atoms with E-state index in [4.69, 9.17) is 4.74 Å². The van der Waals surface area contributed by atoms with Crippen LogP contribution in [0.15, 0.2) is 36.4 Å². The van der Waals surface area contributed by atoms with E-state index in [1.807, 2.05) is 31.2 Å². The third kappa shape index (κ3) is 4.26. The molecule has 2 aromatic rings. The Morgan fingerprint density at radius 1 is 1.04 bits per heavy atom. The predicted molar refractivity (Wildman–Crippen MR) is 88.7 cm³/mol. The maximum atomic E-state index is 12.1. The standard InChI is InChI=1S/C17H20N4O2/c1-12-2-4-14(5-3-12)18-15-6-7-16(21-20-15)19-17(22)13-8-10-23-11-9-13/h2-7,13H,8-11H2,1H3,(H,18,20)(H,19,21,22). The van der Waals surface area contributed by atoms with Gasteiger partial charge in [-0.05, 0) is 44.0 Å². The number of aromatic nitrogens is 2. The molecular formula is C17H20N4O2. The van der Waals surface area contributed by atoms with Crippen LogP contribution in [0.3, 0.4) is 0 Å². The SMILES string of the molecule is Cc1ccc(Nc2ccc(NC(=O)C3CCOCC3)nn2)cc1. The van der Waals surface area contributed by atoms with E-state index in [1.165, 1.54) is 5.56 Å². The van der Waals surface area contributed by atoms with Crippen molar-refractivity contribution in [2.45, 2.75) is 19.8 Å². The second-order valence-corrected chi connectivity index (χ2v) is 5.67. The molecule has 1 aliphatic rings. The molecule has 0 aliphatic carbocycles. The molecule has 2 heterocycles. The maximum Gasteiger partial charge on any atom is 0.228 e. The van der Waals surface area contributed by atoms with Gasteiger partial charge in [0.2, 0.25) is 5.91 Å². The highest BCUT2D eigenvalue weighted by Gasteiger charge is 2.21. The van der Waals surface area contributed by atoms with Gasteiger partial charge in [0.1, 0.15) is 0 Å². The van der Waals surface area contributed by atoms with E-state index in [1.54, 1.807) is 12.1 Å². The van der Waals surface area contributed by atoms with Gasteiger partial charge in [-0.1, -0.05) is 17.7 Å². The van der Waals surface area contributed by atoms with E-state index in [0.717, 1.165) is 18.5 Å². The zero-order valence-corrected chi connectivity index (χ0v) is 13.1. The van der Waals surface area contributed by atoms with Crippen molar-refractivity contribution >= 4 is 23.2 Å². The third-order valence-electron chi connectivity index (χ3n) is 3.83. The van der Waals surface area contributed by atoms with Crippen LogP contribution in [0.5, 0.6) is 0 Å². The van der Waals surface area contributed by atoms with Gasteiger partial charge in [-0.25, -0.2) is 0 Å². The molecule has 0 bridgehead atoms. The monoisotopic (exact) mass is 312 g/mol. The Bertz CT molecular complexity index is 649. The van der Waals surface area contributed by atoms with Crippen molar-refractivity contribution in [3.05, 3.63) is 42.0 Å². The Balaban J connectivity index is 1.58. The molecule has 0 spiro atoms. The van der Waals surface area contributed by atoms with Gasteiger partial charge >= 0.3 is 0 Å². The summed E-state index contributed by atoms with van der Waals surface area (Å²) < 4.78 is 5.26. The van der Waals surface area contributed by atoms with Crippen molar-refractivity contribution < 1.29 is 9.53 Å². The molecule has 1 saturated heterocycles. The largest absolute Gasteiger partial charge is 0.381 e. The maximum absolute atomic E-state index is 12.1. The number of aryl methyl sites for hydroxylation is 1. The summed E-state index contributed by atoms with van der Waals surface area (Å²) in [7, 11) is 0. The van der Waals surface area contributed by atoms with Crippen molar-refractivity contribution in [2.75, 3.05) is 23.8 Å². The van der Waals surface area contributed by atoms with Crippen molar-refractivity contribution in [2.24, 2.45) is 5.92 Å². The van der Waals surface area contributed by atoms with E-state index < -0.39 is 0 Å². The minimum atomic E-state index is -0.0122. The quantitative estimate of drug-likeness (QED) is 0.908.